The molecule has 2 fully saturated rings. The first kappa shape index (κ1) is 18.1. The Balaban J connectivity index is 1.96. The molecule has 2 aliphatic carbocycles. The molecule has 0 spiro atoms. The van der Waals surface area contributed by atoms with E-state index in [1.54, 1.807) is 0 Å². The zero-order valence-corrected chi connectivity index (χ0v) is 14.9. The summed E-state index contributed by atoms with van der Waals surface area (Å²) in [5.74, 6) is 0.456. The van der Waals surface area contributed by atoms with Crippen molar-refractivity contribution in [2.24, 2.45) is 5.92 Å². The quantitative estimate of drug-likeness (QED) is 0.741. The molecule has 22 heavy (non-hydrogen) atoms. The second kappa shape index (κ2) is 8.60. The average Bonchev–Trinajstić information content (AvgIpc) is 2.52. The molecule has 1 unspecified atom stereocenters. The Bertz CT molecular complexity index is 508. The van der Waals surface area contributed by atoms with Gasteiger partial charge >= 0.3 is 0 Å². The first-order chi connectivity index (χ1) is 10.5. The summed E-state index contributed by atoms with van der Waals surface area (Å²) in [4.78, 5) is 0.267. The monoisotopic (exact) mass is 348 g/mol. The molecule has 6 heteroatoms. The van der Waals surface area contributed by atoms with Crippen molar-refractivity contribution < 1.29 is 17.2 Å². The number of allylic oxidation sites excluding steroid dienone is 1. The molecule has 4 nitrogen and oxygen atoms in total. The summed E-state index contributed by atoms with van der Waals surface area (Å²) in [6, 6.07) is 0. The topological polar surface area (TPSA) is 71.4 Å². The van der Waals surface area contributed by atoms with Crippen LogP contribution < -0.4 is 0 Å². The van der Waals surface area contributed by atoms with Gasteiger partial charge in [0.1, 0.15) is 0 Å². The van der Waals surface area contributed by atoms with Crippen molar-refractivity contribution in [3.8, 4) is 0 Å². The number of hydrogen-bond donors (Lipinski definition) is 1. The van der Waals surface area contributed by atoms with E-state index in [-0.39, 0.29) is 16.4 Å². The van der Waals surface area contributed by atoms with Gasteiger partial charge in [0.2, 0.25) is 0 Å². The fourth-order valence-electron chi connectivity index (χ4n) is 3.63. The second-order valence-electron chi connectivity index (χ2n) is 6.72. The molecular weight excluding hydrogens is 320 g/mol. The van der Waals surface area contributed by atoms with Crippen LogP contribution in [0.4, 0.5) is 0 Å². The Kier molecular flexibility index (Phi) is 7.09. The molecule has 0 aromatic heterocycles. The Labute approximate surface area is 137 Å². The van der Waals surface area contributed by atoms with Gasteiger partial charge in [-0.05, 0) is 38.0 Å². The smallest absolute Gasteiger partial charge is 0.183 e. The molecule has 2 saturated carbocycles. The zero-order chi connectivity index (χ0) is 16.0. The van der Waals surface area contributed by atoms with Gasteiger partial charge in [0.15, 0.2) is 20.9 Å². The molecule has 0 aromatic carbocycles. The van der Waals surface area contributed by atoms with Crippen molar-refractivity contribution in [1.82, 2.24) is 0 Å². The van der Waals surface area contributed by atoms with E-state index >= 15 is 0 Å². The van der Waals surface area contributed by atoms with Crippen LogP contribution >= 0.6 is 0 Å². The molecule has 0 bridgehead atoms. The fraction of sp³-hybridized carbons (Fsp3) is 0.875. The van der Waals surface area contributed by atoms with Crippen molar-refractivity contribution in [3.63, 3.8) is 0 Å². The SMILES string of the molecule is O=S(O)C(CS(=O)(=O)CCC1CCCCC1)=C1CCCCC1. The van der Waals surface area contributed by atoms with Crippen LogP contribution in [0.5, 0.6) is 0 Å². The number of sulfone groups is 1. The van der Waals surface area contributed by atoms with Gasteiger partial charge in [0.05, 0.1) is 16.4 Å². The lowest BCUT2D eigenvalue weighted by molar-refractivity contribution is 0.350. The molecular formula is C16H28O4S2. The minimum absolute atomic E-state index is 0.158. The molecule has 0 saturated heterocycles. The van der Waals surface area contributed by atoms with E-state index in [1.807, 2.05) is 0 Å². The van der Waals surface area contributed by atoms with Crippen molar-refractivity contribution in [2.75, 3.05) is 11.5 Å². The Morgan fingerprint density at radius 3 is 2.23 bits per heavy atom. The predicted octanol–water partition coefficient (Wildman–Crippen LogP) is 3.81. The highest BCUT2D eigenvalue weighted by Crippen LogP contribution is 2.29. The lowest BCUT2D eigenvalue weighted by Gasteiger charge is -2.21. The Hall–Kier alpha value is -0.200. The van der Waals surface area contributed by atoms with E-state index in [9.17, 15) is 17.2 Å². The summed E-state index contributed by atoms with van der Waals surface area (Å²) < 4.78 is 45.8. The van der Waals surface area contributed by atoms with Gasteiger partial charge in [0.25, 0.3) is 0 Å². The second-order valence-corrected chi connectivity index (χ2v) is 9.90. The normalized spacial score (nSPS) is 22.5. The molecule has 0 aromatic rings. The van der Waals surface area contributed by atoms with Crippen LogP contribution in [-0.2, 0) is 20.9 Å². The van der Waals surface area contributed by atoms with E-state index in [4.69, 9.17) is 0 Å². The first-order valence-corrected chi connectivity index (χ1v) is 11.4. The highest BCUT2D eigenvalue weighted by Gasteiger charge is 2.24. The molecule has 0 heterocycles. The molecule has 0 aliphatic heterocycles. The summed E-state index contributed by atoms with van der Waals surface area (Å²) in [7, 11) is -3.29. The van der Waals surface area contributed by atoms with Crippen LogP contribution in [0.1, 0.15) is 70.6 Å². The van der Waals surface area contributed by atoms with E-state index in [0.717, 1.165) is 50.5 Å². The van der Waals surface area contributed by atoms with E-state index in [1.165, 1.54) is 19.3 Å². The summed E-state index contributed by atoms with van der Waals surface area (Å²) in [5, 5.41) is 0. The average molecular weight is 349 g/mol. The molecule has 128 valence electrons. The molecule has 0 amide bonds. The van der Waals surface area contributed by atoms with Crippen molar-refractivity contribution in [1.29, 1.82) is 0 Å². The van der Waals surface area contributed by atoms with Crippen LogP contribution in [-0.4, -0.2) is 28.7 Å². The molecule has 2 aliphatic rings. The van der Waals surface area contributed by atoms with Crippen LogP contribution in [0.2, 0.25) is 0 Å². The standard InChI is InChI=1S/C16H28O4S2/c17-21(18)16(15-9-5-2-6-10-15)13-22(19,20)12-11-14-7-3-1-4-8-14/h14H,1-13H2,(H,17,18). The molecule has 0 radical (unpaired) electrons. The lowest BCUT2D eigenvalue weighted by atomic mass is 9.88. The van der Waals surface area contributed by atoms with Crippen LogP contribution in [0.15, 0.2) is 10.5 Å². The summed E-state index contributed by atoms with van der Waals surface area (Å²) in [5.41, 5.74) is 0.910. The minimum atomic E-state index is -3.29. The fourth-order valence-corrected chi connectivity index (χ4v) is 6.46. The van der Waals surface area contributed by atoms with Gasteiger partial charge in [-0.3, -0.25) is 0 Å². The highest BCUT2D eigenvalue weighted by atomic mass is 32.2. The van der Waals surface area contributed by atoms with Gasteiger partial charge in [0, 0.05) is 0 Å². The first-order valence-electron chi connectivity index (χ1n) is 8.50. The maximum absolute atomic E-state index is 12.4. The van der Waals surface area contributed by atoms with Crippen molar-refractivity contribution in [2.45, 2.75) is 70.6 Å². The third kappa shape index (κ3) is 5.78. The summed E-state index contributed by atoms with van der Waals surface area (Å²) >= 11 is -2.16. The summed E-state index contributed by atoms with van der Waals surface area (Å²) in [6.07, 6.45) is 11.3. The Morgan fingerprint density at radius 1 is 1.05 bits per heavy atom. The predicted molar refractivity (Wildman–Crippen MR) is 90.7 cm³/mol. The van der Waals surface area contributed by atoms with Gasteiger partial charge in [-0.25, -0.2) is 12.6 Å². The van der Waals surface area contributed by atoms with E-state index in [2.05, 4.69) is 0 Å². The summed E-state index contributed by atoms with van der Waals surface area (Å²) in [6.45, 7) is 0. The maximum atomic E-state index is 12.4. The molecule has 2 rings (SSSR count). The van der Waals surface area contributed by atoms with Gasteiger partial charge < -0.3 is 4.55 Å². The van der Waals surface area contributed by atoms with E-state index in [0.29, 0.717) is 12.3 Å². The minimum Gasteiger partial charge on any atom is -0.302 e. The largest absolute Gasteiger partial charge is 0.302 e. The number of hydrogen-bond acceptors (Lipinski definition) is 3. The lowest BCUT2D eigenvalue weighted by Crippen LogP contribution is -2.20. The highest BCUT2D eigenvalue weighted by molar-refractivity contribution is 7.93. The van der Waals surface area contributed by atoms with Gasteiger partial charge in [-0.2, -0.15) is 0 Å². The van der Waals surface area contributed by atoms with Crippen molar-refractivity contribution in [3.05, 3.63) is 10.5 Å². The Morgan fingerprint density at radius 2 is 1.64 bits per heavy atom. The van der Waals surface area contributed by atoms with Crippen LogP contribution in [0.25, 0.3) is 0 Å². The molecule has 1 atom stereocenters. The zero-order valence-electron chi connectivity index (χ0n) is 13.3. The van der Waals surface area contributed by atoms with Gasteiger partial charge in [-0.1, -0.05) is 44.1 Å². The van der Waals surface area contributed by atoms with Crippen molar-refractivity contribution >= 4 is 20.9 Å². The third-order valence-corrected chi connectivity index (χ3v) is 7.60. The van der Waals surface area contributed by atoms with Crippen LogP contribution in [0, 0.1) is 5.92 Å². The van der Waals surface area contributed by atoms with Gasteiger partial charge in [-0.15, -0.1) is 0 Å². The van der Waals surface area contributed by atoms with Crippen LogP contribution in [0.3, 0.4) is 0 Å². The third-order valence-electron chi connectivity index (χ3n) is 4.98. The number of rotatable bonds is 6. The van der Waals surface area contributed by atoms with E-state index < -0.39 is 20.9 Å². The molecule has 1 N–H and O–H groups in total. The maximum Gasteiger partial charge on any atom is 0.183 e.